The number of nitro groups is 1. The number of anilines is 1. The van der Waals surface area contributed by atoms with Gasteiger partial charge in [0.25, 0.3) is 5.69 Å². The minimum Gasteiger partial charge on any atom is -0.494 e. The summed E-state index contributed by atoms with van der Waals surface area (Å²) >= 11 is 0. The Balaban J connectivity index is 2.43. The molecule has 0 atom stereocenters. The number of benzene rings is 1. The zero-order valence-corrected chi connectivity index (χ0v) is 9.22. The maximum Gasteiger partial charge on any atom is 0.295 e. The summed E-state index contributed by atoms with van der Waals surface area (Å²) < 4.78 is 18.2. The Morgan fingerprint density at radius 3 is 2.71 bits per heavy atom. The zero-order valence-electron chi connectivity index (χ0n) is 9.22. The Bertz CT molecular complexity index is 460. The molecule has 2 N–H and O–H groups in total. The van der Waals surface area contributed by atoms with Gasteiger partial charge in [0.1, 0.15) is 5.69 Å². The molecule has 0 unspecified atom stereocenters. The van der Waals surface area contributed by atoms with Crippen LogP contribution >= 0.6 is 0 Å². The molecule has 0 bridgehead atoms. The van der Waals surface area contributed by atoms with Crippen LogP contribution in [0.25, 0.3) is 0 Å². The molecule has 0 saturated carbocycles. The smallest absolute Gasteiger partial charge is 0.295 e. The number of nitrogens with zero attached hydrogens (tertiary/aromatic N) is 2. The van der Waals surface area contributed by atoms with Crippen molar-refractivity contribution < 1.29 is 14.1 Å². The maximum absolute atomic E-state index is 13.4. The van der Waals surface area contributed by atoms with Crippen molar-refractivity contribution in [2.75, 3.05) is 25.1 Å². The molecule has 1 aliphatic heterocycles. The Morgan fingerprint density at radius 2 is 2.24 bits per heavy atom. The Kier molecular flexibility index (Phi) is 2.84. The van der Waals surface area contributed by atoms with Crippen molar-refractivity contribution in [2.24, 2.45) is 5.73 Å². The number of methoxy groups -OCH3 is 1. The van der Waals surface area contributed by atoms with Crippen molar-refractivity contribution in [3.05, 3.63) is 28.1 Å². The van der Waals surface area contributed by atoms with Gasteiger partial charge in [-0.05, 0) is 0 Å². The summed E-state index contributed by atoms with van der Waals surface area (Å²) in [5.41, 5.74) is 5.69. The molecule has 1 fully saturated rings. The van der Waals surface area contributed by atoms with Crippen LogP contribution in [0.4, 0.5) is 15.8 Å². The van der Waals surface area contributed by atoms with E-state index in [9.17, 15) is 14.5 Å². The van der Waals surface area contributed by atoms with Crippen molar-refractivity contribution in [2.45, 2.75) is 6.04 Å². The van der Waals surface area contributed by atoms with E-state index in [4.69, 9.17) is 10.5 Å². The minimum atomic E-state index is -0.743. The molecular weight excluding hydrogens is 229 g/mol. The first-order valence-corrected chi connectivity index (χ1v) is 5.05. The predicted octanol–water partition coefficient (Wildman–Crippen LogP) is 0.890. The first kappa shape index (κ1) is 11.6. The Morgan fingerprint density at radius 1 is 1.59 bits per heavy atom. The number of nitrogens with two attached hydrogens (primary N) is 1. The summed E-state index contributed by atoms with van der Waals surface area (Å²) in [6, 6.07) is 2.21. The molecule has 92 valence electrons. The average molecular weight is 241 g/mol. The summed E-state index contributed by atoms with van der Waals surface area (Å²) in [5, 5.41) is 10.8. The molecule has 6 nitrogen and oxygen atoms in total. The van der Waals surface area contributed by atoms with Crippen LogP contribution in [-0.2, 0) is 0 Å². The lowest BCUT2D eigenvalue weighted by atomic mass is 10.1. The van der Waals surface area contributed by atoms with Crippen LogP contribution in [0.1, 0.15) is 0 Å². The third kappa shape index (κ3) is 2.01. The standard InChI is InChI=1S/C10H12FN3O3/c1-17-10-3-8(13-4-6(12)5-13)9(14(15)16)2-7(10)11/h2-3,6H,4-5,12H2,1H3. The van der Waals surface area contributed by atoms with Crippen LogP contribution in [0.15, 0.2) is 12.1 Å². The fourth-order valence-corrected chi connectivity index (χ4v) is 1.80. The molecule has 1 heterocycles. The molecule has 1 aliphatic rings. The topological polar surface area (TPSA) is 81.6 Å². The lowest BCUT2D eigenvalue weighted by Gasteiger charge is -2.38. The van der Waals surface area contributed by atoms with Crippen molar-refractivity contribution in [1.29, 1.82) is 0 Å². The van der Waals surface area contributed by atoms with Crippen molar-refractivity contribution in [3.63, 3.8) is 0 Å². The second kappa shape index (κ2) is 4.17. The van der Waals surface area contributed by atoms with Gasteiger partial charge in [0, 0.05) is 25.2 Å². The molecule has 0 radical (unpaired) electrons. The Labute approximate surface area is 96.9 Å². The van der Waals surface area contributed by atoms with E-state index in [2.05, 4.69) is 0 Å². The molecule has 1 aromatic rings. The van der Waals surface area contributed by atoms with E-state index in [1.54, 1.807) is 4.90 Å². The lowest BCUT2D eigenvalue weighted by Crippen LogP contribution is -2.56. The van der Waals surface area contributed by atoms with Gasteiger partial charge in [-0.1, -0.05) is 0 Å². The van der Waals surface area contributed by atoms with Gasteiger partial charge in [-0.3, -0.25) is 10.1 Å². The SMILES string of the molecule is COc1cc(N2CC(N)C2)c([N+](=O)[O-])cc1F. The van der Waals surface area contributed by atoms with Crippen LogP contribution in [0.2, 0.25) is 0 Å². The lowest BCUT2D eigenvalue weighted by molar-refractivity contribution is -0.384. The second-order valence-electron chi connectivity index (χ2n) is 3.90. The van der Waals surface area contributed by atoms with Crippen LogP contribution in [-0.4, -0.2) is 31.2 Å². The van der Waals surface area contributed by atoms with E-state index in [1.807, 2.05) is 0 Å². The third-order valence-electron chi connectivity index (χ3n) is 2.70. The van der Waals surface area contributed by atoms with Gasteiger partial charge in [0.05, 0.1) is 18.1 Å². The van der Waals surface area contributed by atoms with Gasteiger partial charge in [-0.15, -0.1) is 0 Å². The first-order chi connectivity index (χ1) is 8.02. The number of nitro benzene ring substituents is 1. The summed E-state index contributed by atoms with van der Waals surface area (Å²) in [5.74, 6) is -0.751. The van der Waals surface area contributed by atoms with Gasteiger partial charge in [0.2, 0.25) is 0 Å². The van der Waals surface area contributed by atoms with E-state index in [0.717, 1.165) is 6.07 Å². The number of ether oxygens (including phenoxy) is 1. The van der Waals surface area contributed by atoms with E-state index in [1.165, 1.54) is 13.2 Å². The molecule has 1 saturated heterocycles. The number of hydrogen-bond acceptors (Lipinski definition) is 5. The molecule has 17 heavy (non-hydrogen) atoms. The molecule has 7 heteroatoms. The Hall–Kier alpha value is -1.89. The van der Waals surface area contributed by atoms with Crippen LogP contribution in [0.3, 0.4) is 0 Å². The van der Waals surface area contributed by atoms with Crippen molar-refractivity contribution >= 4 is 11.4 Å². The summed E-state index contributed by atoms with van der Waals surface area (Å²) in [6.07, 6.45) is 0. The van der Waals surface area contributed by atoms with Gasteiger partial charge in [0.15, 0.2) is 11.6 Å². The van der Waals surface area contributed by atoms with E-state index < -0.39 is 10.7 Å². The highest BCUT2D eigenvalue weighted by Gasteiger charge is 2.30. The van der Waals surface area contributed by atoms with Crippen molar-refractivity contribution in [3.8, 4) is 5.75 Å². The summed E-state index contributed by atoms with van der Waals surface area (Å²) in [6.45, 7) is 1.05. The number of halogens is 1. The largest absolute Gasteiger partial charge is 0.494 e. The molecule has 0 aromatic heterocycles. The molecule has 2 rings (SSSR count). The fourth-order valence-electron chi connectivity index (χ4n) is 1.80. The summed E-state index contributed by atoms with van der Waals surface area (Å²) in [4.78, 5) is 12.0. The fraction of sp³-hybridized carbons (Fsp3) is 0.400. The van der Waals surface area contributed by atoms with E-state index in [-0.39, 0.29) is 17.5 Å². The molecule has 0 amide bonds. The highest BCUT2D eigenvalue weighted by Crippen LogP contribution is 2.36. The van der Waals surface area contributed by atoms with Crippen LogP contribution in [0, 0.1) is 15.9 Å². The van der Waals surface area contributed by atoms with Gasteiger partial charge >= 0.3 is 0 Å². The number of hydrogen-bond donors (Lipinski definition) is 1. The normalized spacial score (nSPS) is 15.6. The van der Waals surface area contributed by atoms with Gasteiger partial charge in [-0.2, -0.15) is 0 Å². The first-order valence-electron chi connectivity index (χ1n) is 5.05. The predicted molar refractivity (Wildman–Crippen MR) is 59.8 cm³/mol. The average Bonchev–Trinajstić information content (AvgIpc) is 2.24. The third-order valence-corrected chi connectivity index (χ3v) is 2.70. The van der Waals surface area contributed by atoms with Crippen molar-refractivity contribution in [1.82, 2.24) is 0 Å². The second-order valence-corrected chi connectivity index (χ2v) is 3.90. The maximum atomic E-state index is 13.4. The monoisotopic (exact) mass is 241 g/mol. The zero-order chi connectivity index (χ0) is 12.6. The highest BCUT2D eigenvalue weighted by molar-refractivity contribution is 5.67. The van der Waals surface area contributed by atoms with Crippen LogP contribution < -0.4 is 15.4 Å². The molecule has 0 aliphatic carbocycles. The highest BCUT2D eigenvalue weighted by atomic mass is 19.1. The van der Waals surface area contributed by atoms with Gasteiger partial charge in [-0.25, -0.2) is 4.39 Å². The number of rotatable bonds is 3. The van der Waals surface area contributed by atoms with E-state index in [0.29, 0.717) is 18.8 Å². The molecular formula is C10H12FN3O3. The van der Waals surface area contributed by atoms with Gasteiger partial charge < -0.3 is 15.4 Å². The quantitative estimate of drug-likeness (QED) is 0.627. The summed E-state index contributed by atoms with van der Waals surface area (Å²) in [7, 11) is 1.32. The molecule has 0 spiro atoms. The van der Waals surface area contributed by atoms with Crippen LogP contribution in [0.5, 0.6) is 5.75 Å². The molecule has 1 aromatic carbocycles. The van der Waals surface area contributed by atoms with E-state index >= 15 is 0 Å². The minimum absolute atomic E-state index is 0.00523.